The van der Waals surface area contributed by atoms with Gasteiger partial charge < -0.3 is 9.52 Å². The SMILES string of the molecule is C=C1/C(=C/C2=CC=C(CC)C2)CCCC1Cc1ccc(CO)o1. The van der Waals surface area contributed by atoms with Crippen LogP contribution in [-0.4, -0.2) is 5.11 Å². The summed E-state index contributed by atoms with van der Waals surface area (Å²) < 4.78 is 5.65. The average Bonchev–Trinajstić information content (AvgIpc) is 3.20. The Balaban J connectivity index is 1.66. The van der Waals surface area contributed by atoms with Gasteiger partial charge in [0.25, 0.3) is 0 Å². The van der Waals surface area contributed by atoms with E-state index < -0.39 is 0 Å². The van der Waals surface area contributed by atoms with Crippen LogP contribution in [0.1, 0.15) is 50.5 Å². The Kier molecular flexibility index (Phi) is 5.02. The molecule has 1 aromatic rings. The van der Waals surface area contributed by atoms with Gasteiger partial charge >= 0.3 is 0 Å². The number of hydrogen-bond donors (Lipinski definition) is 1. The summed E-state index contributed by atoms with van der Waals surface area (Å²) in [6.45, 7) is 6.57. The molecule has 122 valence electrons. The molecule has 1 atom stereocenters. The largest absolute Gasteiger partial charge is 0.464 e. The molecule has 1 aromatic heterocycles. The molecule has 2 aliphatic rings. The summed E-state index contributed by atoms with van der Waals surface area (Å²) in [5.74, 6) is 2.05. The molecule has 1 fully saturated rings. The number of rotatable bonds is 5. The van der Waals surface area contributed by atoms with Gasteiger partial charge in [-0.05, 0) is 66.9 Å². The van der Waals surface area contributed by atoms with Gasteiger partial charge in [0.2, 0.25) is 0 Å². The Bertz CT molecular complexity index is 670. The third kappa shape index (κ3) is 3.76. The van der Waals surface area contributed by atoms with Gasteiger partial charge in [0.15, 0.2) is 0 Å². The lowest BCUT2D eigenvalue weighted by atomic mass is 9.78. The molecule has 1 unspecified atom stereocenters. The normalized spacial score (nSPS) is 23.3. The monoisotopic (exact) mass is 310 g/mol. The molecule has 0 spiro atoms. The van der Waals surface area contributed by atoms with E-state index in [1.54, 1.807) is 0 Å². The van der Waals surface area contributed by atoms with Crippen molar-refractivity contribution in [1.29, 1.82) is 0 Å². The second-order valence-corrected chi connectivity index (χ2v) is 6.61. The van der Waals surface area contributed by atoms with E-state index >= 15 is 0 Å². The van der Waals surface area contributed by atoms with Crippen molar-refractivity contribution in [3.8, 4) is 0 Å². The minimum Gasteiger partial charge on any atom is -0.464 e. The van der Waals surface area contributed by atoms with Crippen LogP contribution in [0, 0.1) is 5.92 Å². The summed E-state index contributed by atoms with van der Waals surface area (Å²) in [4.78, 5) is 0. The molecule has 1 heterocycles. The summed E-state index contributed by atoms with van der Waals surface area (Å²) >= 11 is 0. The fourth-order valence-corrected chi connectivity index (χ4v) is 3.56. The highest BCUT2D eigenvalue weighted by molar-refractivity contribution is 5.44. The van der Waals surface area contributed by atoms with E-state index in [4.69, 9.17) is 9.52 Å². The lowest BCUT2D eigenvalue weighted by Crippen LogP contribution is -2.14. The molecule has 0 bridgehead atoms. The molecule has 3 rings (SSSR count). The third-order valence-electron chi connectivity index (χ3n) is 5.00. The Morgan fingerprint density at radius 1 is 1.30 bits per heavy atom. The van der Waals surface area contributed by atoms with Crippen LogP contribution in [0.5, 0.6) is 0 Å². The molecule has 2 aliphatic carbocycles. The summed E-state index contributed by atoms with van der Waals surface area (Å²) in [6.07, 6.45) is 13.5. The maximum Gasteiger partial charge on any atom is 0.129 e. The number of furan rings is 1. The molecule has 2 heteroatoms. The molecular weight excluding hydrogens is 284 g/mol. The minimum atomic E-state index is -0.0301. The van der Waals surface area contributed by atoms with Crippen LogP contribution in [-0.2, 0) is 13.0 Å². The maximum absolute atomic E-state index is 9.12. The second-order valence-electron chi connectivity index (χ2n) is 6.61. The van der Waals surface area contributed by atoms with E-state index in [-0.39, 0.29) is 6.61 Å². The van der Waals surface area contributed by atoms with Crippen LogP contribution >= 0.6 is 0 Å². The van der Waals surface area contributed by atoms with E-state index in [0.717, 1.165) is 31.4 Å². The Morgan fingerprint density at radius 2 is 2.13 bits per heavy atom. The molecule has 0 radical (unpaired) electrons. The predicted octanol–water partition coefficient (Wildman–Crippen LogP) is 5.26. The highest BCUT2D eigenvalue weighted by Crippen LogP contribution is 2.37. The highest BCUT2D eigenvalue weighted by atomic mass is 16.4. The van der Waals surface area contributed by atoms with Crippen molar-refractivity contribution in [3.05, 3.63) is 70.8 Å². The number of aliphatic hydroxyl groups excluding tert-OH is 1. The van der Waals surface area contributed by atoms with E-state index in [9.17, 15) is 0 Å². The lowest BCUT2D eigenvalue weighted by Gasteiger charge is -2.27. The van der Waals surface area contributed by atoms with E-state index in [1.807, 2.05) is 12.1 Å². The number of hydrogen-bond acceptors (Lipinski definition) is 2. The minimum absolute atomic E-state index is 0.0301. The third-order valence-corrected chi connectivity index (χ3v) is 5.00. The summed E-state index contributed by atoms with van der Waals surface area (Å²) in [5, 5.41) is 9.12. The van der Waals surface area contributed by atoms with Crippen molar-refractivity contribution in [2.45, 2.75) is 52.1 Å². The van der Waals surface area contributed by atoms with Gasteiger partial charge in [0.05, 0.1) is 0 Å². The summed E-state index contributed by atoms with van der Waals surface area (Å²) in [7, 11) is 0. The van der Waals surface area contributed by atoms with Gasteiger partial charge in [-0.15, -0.1) is 0 Å². The van der Waals surface area contributed by atoms with Crippen LogP contribution in [0.15, 0.2) is 63.6 Å². The first-order valence-electron chi connectivity index (χ1n) is 8.66. The van der Waals surface area contributed by atoms with Crippen molar-refractivity contribution in [3.63, 3.8) is 0 Å². The first kappa shape index (κ1) is 16.1. The Hall–Kier alpha value is -1.80. The lowest BCUT2D eigenvalue weighted by molar-refractivity contribution is 0.242. The molecule has 2 nitrogen and oxygen atoms in total. The topological polar surface area (TPSA) is 33.4 Å². The Labute approximate surface area is 138 Å². The van der Waals surface area contributed by atoms with E-state index in [2.05, 4.69) is 31.7 Å². The molecule has 1 N–H and O–H groups in total. The van der Waals surface area contributed by atoms with Gasteiger partial charge in [-0.1, -0.05) is 37.3 Å². The molecule has 0 aliphatic heterocycles. The molecule has 0 aromatic carbocycles. The molecule has 23 heavy (non-hydrogen) atoms. The smallest absolute Gasteiger partial charge is 0.129 e. The van der Waals surface area contributed by atoms with Crippen molar-refractivity contribution < 1.29 is 9.52 Å². The van der Waals surface area contributed by atoms with Crippen LogP contribution < -0.4 is 0 Å². The maximum atomic E-state index is 9.12. The van der Waals surface area contributed by atoms with Crippen LogP contribution in [0.2, 0.25) is 0 Å². The first-order chi connectivity index (χ1) is 11.2. The average molecular weight is 310 g/mol. The zero-order valence-corrected chi connectivity index (χ0v) is 14.0. The van der Waals surface area contributed by atoms with Crippen molar-refractivity contribution in [1.82, 2.24) is 0 Å². The van der Waals surface area contributed by atoms with Gasteiger partial charge in [0.1, 0.15) is 18.1 Å². The predicted molar refractivity (Wildman–Crippen MR) is 94.0 cm³/mol. The zero-order valence-electron chi connectivity index (χ0n) is 14.0. The zero-order chi connectivity index (χ0) is 16.2. The molecular formula is C21H26O2. The summed E-state index contributed by atoms with van der Waals surface area (Å²) in [5.41, 5.74) is 5.61. The number of aliphatic hydroxyl groups is 1. The van der Waals surface area contributed by atoms with E-state index in [0.29, 0.717) is 11.7 Å². The first-order valence-corrected chi connectivity index (χ1v) is 8.66. The quantitative estimate of drug-likeness (QED) is 0.804. The fraction of sp³-hybridized carbons (Fsp3) is 0.429. The number of allylic oxidation sites excluding steroid dienone is 7. The van der Waals surface area contributed by atoms with Gasteiger partial charge in [-0.2, -0.15) is 0 Å². The van der Waals surface area contributed by atoms with Crippen LogP contribution in [0.3, 0.4) is 0 Å². The van der Waals surface area contributed by atoms with Crippen LogP contribution in [0.4, 0.5) is 0 Å². The van der Waals surface area contributed by atoms with Crippen molar-refractivity contribution in [2.24, 2.45) is 5.92 Å². The second kappa shape index (κ2) is 7.18. The standard InChI is InChI=1S/C21H26O2/c1-3-16-7-8-17(11-16)12-18-5-4-6-19(15(18)2)13-20-9-10-21(14-22)23-20/h7-10,12,19,22H,2-6,11,13-14H2,1H3/b18-12+. The van der Waals surface area contributed by atoms with Gasteiger partial charge in [-0.25, -0.2) is 0 Å². The summed E-state index contributed by atoms with van der Waals surface area (Å²) in [6, 6.07) is 3.84. The van der Waals surface area contributed by atoms with Crippen LogP contribution in [0.25, 0.3) is 0 Å². The molecule has 0 amide bonds. The van der Waals surface area contributed by atoms with Gasteiger partial charge in [0, 0.05) is 6.42 Å². The Morgan fingerprint density at radius 3 is 2.83 bits per heavy atom. The molecule has 1 saturated carbocycles. The highest BCUT2D eigenvalue weighted by Gasteiger charge is 2.23. The fourth-order valence-electron chi connectivity index (χ4n) is 3.56. The van der Waals surface area contributed by atoms with E-state index in [1.165, 1.54) is 35.1 Å². The van der Waals surface area contributed by atoms with Crippen molar-refractivity contribution in [2.75, 3.05) is 0 Å². The molecule has 0 saturated heterocycles. The van der Waals surface area contributed by atoms with Crippen molar-refractivity contribution >= 4 is 0 Å². The van der Waals surface area contributed by atoms with Gasteiger partial charge in [-0.3, -0.25) is 0 Å².